The van der Waals surface area contributed by atoms with Crippen molar-refractivity contribution < 1.29 is 9.90 Å². The van der Waals surface area contributed by atoms with Crippen molar-refractivity contribution >= 4 is 11.5 Å². The molecular formula is C18H18O2. The average Bonchev–Trinajstić information content (AvgIpc) is 2.37. The van der Waals surface area contributed by atoms with E-state index in [-0.39, 0.29) is 0 Å². The standard InChI is InChI=1S/C18H18O2/c1-12-9-13(2)18(14(3)10-12)16(11-17(19)20)15-7-5-4-6-8-15/h4-11H,1-3H3,(H,19,20)/b16-11-. The third kappa shape index (κ3) is 2.97. The lowest BCUT2D eigenvalue weighted by molar-refractivity contribution is -0.131. The molecule has 0 unspecified atom stereocenters. The summed E-state index contributed by atoms with van der Waals surface area (Å²) >= 11 is 0. The Balaban J connectivity index is 2.69. The first-order chi connectivity index (χ1) is 9.49. The van der Waals surface area contributed by atoms with Gasteiger partial charge < -0.3 is 5.11 Å². The van der Waals surface area contributed by atoms with Gasteiger partial charge in [0.1, 0.15) is 0 Å². The molecule has 20 heavy (non-hydrogen) atoms. The maximum absolute atomic E-state index is 11.2. The van der Waals surface area contributed by atoms with Gasteiger partial charge in [0, 0.05) is 6.08 Å². The number of benzene rings is 2. The molecule has 1 N–H and O–H groups in total. The summed E-state index contributed by atoms with van der Waals surface area (Å²) in [5.41, 5.74) is 6.06. The fourth-order valence-corrected chi connectivity index (χ4v) is 2.65. The summed E-state index contributed by atoms with van der Waals surface area (Å²) < 4.78 is 0. The molecule has 2 heteroatoms. The Hall–Kier alpha value is -2.35. The lowest BCUT2D eigenvalue weighted by Crippen LogP contribution is -2.00. The SMILES string of the molecule is Cc1cc(C)c(/C(=C\C(=O)O)c2ccccc2)c(C)c1. The van der Waals surface area contributed by atoms with Crippen molar-refractivity contribution in [2.45, 2.75) is 20.8 Å². The van der Waals surface area contributed by atoms with Gasteiger partial charge in [-0.2, -0.15) is 0 Å². The highest BCUT2D eigenvalue weighted by atomic mass is 16.4. The van der Waals surface area contributed by atoms with Gasteiger partial charge in [-0.3, -0.25) is 0 Å². The Morgan fingerprint density at radius 2 is 1.55 bits per heavy atom. The summed E-state index contributed by atoms with van der Waals surface area (Å²) in [6.07, 6.45) is 1.29. The van der Waals surface area contributed by atoms with Crippen LogP contribution in [0.2, 0.25) is 0 Å². The van der Waals surface area contributed by atoms with Crippen LogP contribution in [-0.4, -0.2) is 11.1 Å². The highest BCUT2D eigenvalue weighted by Crippen LogP contribution is 2.29. The maximum Gasteiger partial charge on any atom is 0.328 e. The molecule has 2 rings (SSSR count). The van der Waals surface area contributed by atoms with Crippen LogP contribution in [0.1, 0.15) is 27.8 Å². The minimum absolute atomic E-state index is 0.758. The zero-order valence-corrected chi connectivity index (χ0v) is 12.0. The Labute approximate surface area is 119 Å². The van der Waals surface area contributed by atoms with Crippen molar-refractivity contribution in [3.63, 3.8) is 0 Å². The highest BCUT2D eigenvalue weighted by Gasteiger charge is 2.12. The van der Waals surface area contributed by atoms with Gasteiger partial charge in [0.25, 0.3) is 0 Å². The fraction of sp³-hybridized carbons (Fsp3) is 0.167. The Morgan fingerprint density at radius 3 is 2.05 bits per heavy atom. The lowest BCUT2D eigenvalue weighted by atomic mass is 9.89. The number of rotatable bonds is 3. The molecule has 102 valence electrons. The van der Waals surface area contributed by atoms with E-state index in [1.165, 1.54) is 11.6 Å². The topological polar surface area (TPSA) is 37.3 Å². The van der Waals surface area contributed by atoms with Crippen molar-refractivity contribution in [2.24, 2.45) is 0 Å². The Morgan fingerprint density at radius 1 is 1.00 bits per heavy atom. The van der Waals surface area contributed by atoms with E-state index in [0.29, 0.717) is 0 Å². The molecule has 0 spiro atoms. The number of hydrogen-bond acceptors (Lipinski definition) is 1. The Bertz CT molecular complexity index is 644. The molecule has 0 atom stereocenters. The van der Waals surface area contributed by atoms with Gasteiger partial charge in [0.2, 0.25) is 0 Å². The summed E-state index contributed by atoms with van der Waals surface area (Å²) in [5.74, 6) is -0.928. The second-order valence-electron chi connectivity index (χ2n) is 5.04. The normalized spacial score (nSPS) is 11.4. The van der Waals surface area contributed by atoms with Gasteiger partial charge in [-0.15, -0.1) is 0 Å². The smallest absolute Gasteiger partial charge is 0.328 e. The van der Waals surface area contributed by atoms with Crippen LogP contribution in [0.15, 0.2) is 48.5 Å². The first-order valence-electron chi connectivity index (χ1n) is 6.57. The van der Waals surface area contributed by atoms with Crippen LogP contribution in [0, 0.1) is 20.8 Å². The lowest BCUT2D eigenvalue weighted by Gasteiger charge is -2.15. The maximum atomic E-state index is 11.2. The van der Waals surface area contributed by atoms with Crippen molar-refractivity contribution in [2.75, 3.05) is 0 Å². The molecule has 0 amide bonds. The molecule has 0 aromatic heterocycles. The number of carboxylic acids is 1. The third-order valence-electron chi connectivity index (χ3n) is 3.30. The molecule has 0 saturated carbocycles. The summed E-state index contributed by atoms with van der Waals surface area (Å²) in [6, 6.07) is 13.8. The minimum atomic E-state index is -0.928. The number of aryl methyl sites for hydroxylation is 3. The molecule has 0 heterocycles. The van der Waals surface area contributed by atoms with E-state index in [9.17, 15) is 4.79 Å². The molecule has 0 aliphatic heterocycles. The van der Waals surface area contributed by atoms with E-state index < -0.39 is 5.97 Å². The Kier molecular flexibility index (Phi) is 4.04. The summed E-state index contributed by atoms with van der Waals surface area (Å²) in [4.78, 5) is 11.2. The largest absolute Gasteiger partial charge is 0.478 e. The fourth-order valence-electron chi connectivity index (χ4n) is 2.65. The molecule has 0 fully saturated rings. The first-order valence-corrected chi connectivity index (χ1v) is 6.57. The molecule has 0 bridgehead atoms. The molecule has 2 aromatic rings. The van der Waals surface area contributed by atoms with E-state index in [0.717, 1.165) is 27.8 Å². The number of aliphatic carboxylic acids is 1. The van der Waals surface area contributed by atoms with Crippen LogP contribution in [0.4, 0.5) is 0 Å². The van der Waals surface area contributed by atoms with Gasteiger partial charge in [-0.1, -0.05) is 48.0 Å². The monoisotopic (exact) mass is 266 g/mol. The van der Waals surface area contributed by atoms with Gasteiger partial charge in [-0.05, 0) is 48.6 Å². The van der Waals surface area contributed by atoms with Crippen LogP contribution in [0.25, 0.3) is 5.57 Å². The van der Waals surface area contributed by atoms with E-state index in [1.54, 1.807) is 0 Å². The third-order valence-corrected chi connectivity index (χ3v) is 3.30. The molecule has 0 aliphatic rings. The van der Waals surface area contributed by atoms with Crippen LogP contribution in [0.5, 0.6) is 0 Å². The molecule has 2 nitrogen and oxygen atoms in total. The molecule has 2 aromatic carbocycles. The number of hydrogen-bond donors (Lipinski definition) is 1. The summed E-state index contributed by atoms with van der Waals surface area (Å²) in [7, 11) is 0. The van der Waals surface area contributed by atoms with Crippen LogP contribution < -0.4 is 0 Å². The summed E-state index contributed by atoms with van der Waals surface area (Å²) in [6.45, 7) is 6.09. The number of carboxylic acid groups (broad SMARTS) is 1. The second-order valence-corrected chi connectivity index (χ2v) is 5.04. The number of carbonyl (C=O) groups is 1. The minimum Gasteiger partial charge on any atom is -0.478 e. The summed E-state index contributed by atoms with van der Waals surface area (Å²) in [5, 5.41) is 9.17. The quantitative estimate of drug-likeness (QED) is 0.848. The first kappa shape index (κ1) is 14.1. The van der Waals surface area contributed by atoms with Crippen molar-refractivity contribution in [1.82, 2.24) is 0 Å². The van der Waals surface area contributed by atoms with Crippen LogP contribution in [-0.2, 0) is 4.79 Å². The van der Waals surface area contributed by atoms with E-state index in [1.807, 2.05) is 51.1 Å². The van der Waals surface area contributed by atoms with Gasteiger partial charge in [0.05, 0.1) is 0 Å². The van der Waals surface area contributed by atoms with E-state index >= 15 is 0 Å². The van der Waals surface area contributed by atoms with Gasteiger partial charge >= 0.3 is 5.97 Å². The van der Waals surface area contributed by atoms with Gasteiger partial charge in [-0.25, -0.2) is 4.79 Å². The second kappa shape index (κ2) is 5.74. The predicted octanol–water partition coefficient (Wildman–Crippen LogP) is 4.13. The van der Waals surface area contributed by atoms with E-state index in [2.05, 4.69) is 12.1 Å². The zero-order chi connectivity index (χ0) is 14.7. The van der Waals surface area contributed by atoms with Crippen molar-refractivity contribution in [3.8, 4) is 0 Å². The highest BCUT2D eigenvalue weighted by molar-refractivity contribution is 5.96. The molecular weight excluding hydrogens is 248 g/mol. The van der Waals surface area contributed by atoms with Crippen molar-refractivity contribution in [1.29, 1.82) is 0 Å². The molecule has 0 aliphatic carbocycles. The van der Waals surface area contributed by atoms with Crippen molar-refractivity contribution in [3.05, 3.63) is 76.4 Å². The molecule has 0 saturated heterocycles. The van der Waals surface area contributed by atoms with Crippen LogP contribution >= 0.6 is 0 Å². The average molecular weight is 266 g/mol. The van der Waals surface area contributed by atoms with Crippen LogP contribution in [0.3, 0.4) is 0 Å². The zero-order valence-electron chi connectivity index (χ0n) is 12.0. The van der Waals surface area contributed by atoms with Gasteiger partial charge in [0.15, 0.2) is 0 Å². The van der Waals surface area contributed by atoms with E-state index in [4.69, 9.17) is 5.11 Å². The predicted molar refractivity (Wildman–Crippen MR) is 81.8 cm³/mol. The molecule has 0 radical (unpaired) electrons.